The molecule has 1 aromatic heterocycles. The molecule has 0 aliphatic carbocycles. The van der Waals surface area contributed by atoms with Crippen molar-refractivity contribution in [1.29, 1.82) is 0 Å². The van der Waals surface area contributed by atoms with Crippen LogP contribution in [0.1, 0.15) is 11.1 Å². The smallest absolute Gasteiger partial charge is 0.256 e. The summed E-state index contributed by atoms with van der Waals surface area (Å²) in [5.74, 6) is 0.789. The first-order chi connectivity index (χ1) is 16.5. The molecule has 0 saturated heterocycles. The third kappa shape index (κ3) is 5.20. The van der Waals surface area contributed by atoms with Gasteiger partial charge in [0.05, 0.1) is 19.7 Å². The van der Waals surface area contributed by atoms with Gasteiger partial charge >= 0.3 is 0 Å². The van der Waals surface area contributed by atoms with Gasteiger partial charge in [-0.3, -0.25) is 14.2 Å². The average Bonchev–Trinajstić information content (AvgIpc) is 2.85. The highest BCUT2D eigenvalue weighted by Crippen LogP contribution is 2.26. The number of ether oxygens (including phenoxy) is 2. The minimum Gasteiger partial charge on any atom is -0.497 e. The summed E-state index contributed by atoms with van der Waals surface area (Å²) in [6.45, 7) is 2.18. The number of nitrogens with one attached hydrogen (secondary N) is 2. The van der Waals surface area contributed by atoms with Crippen molar-refractivity contribution in [3.05, 3.63) is 94.3 Å². The third-order valence-corrected chi connectivity index (χ3v) is 5.52. The van der Waals surface area contributed by atoms with Gasteiger partial charge in [-0.2, -0.15) is 0 Å². The fourth-order valence-corrected chi connectivity index (χ4v) is 3.80. The van der Waals surface area contributed by atoms with Crippen LogP contribution in [0.2, 0.25) is 0 Å². The van der Waals surface area contributed by atoms with Crippen LogP contribution in [0.5, 0.6) is 11.5 Å². The van der Waals surface area contributed by atoms with Gasteiger partial charge in [-0.25, -0.2) is 0 Å². The summed E-state index contributed by atoms with van der Waals surface area (Å²) in [6, 6.07) is 22.6. The fourth-order valence-electron chi connectivity index (χ4n) is 3.80. The molecular weight excluding hydrogens is 430 g/mol. The van der Waals surface area contributed by atoms with Crippen LogP contribution >= 0.6 is 0 Å². The Morgan fingerprint density at radius 3 is 2.26 bits per heavy atom. The predicted molar refractivity (Wildman–Crippen MR) is 135 cm³/mol. The van der Waals surface area contributed by atoms with E-state index in [0.29, 0.717) is 34.8 Å². The molecule has 0 bridgehead atoms. The van der Waals surface area contributed by atoms with E-state index in [1.165, 1.54) is 4.57 Å². The second-order valence-corrected chi connectivity index (χ2v) is 7.99. The molecule has 0 atom stereocenters. The molecule has 4 rings (SSSR count). The minimum absolute atomic E-state index is 0.127. The molecule has 7 heteroatoms. The number of nitrogens with zero attached hydrogens (tertiary/aromatic N) is 1. The number of rotatable bonds is 8. The Labute approximate surface area is 197 Å². The lowest BCUT2D eigenvalue weighted by molar-refractivity contribution is -0.116. The first-order valence-electron chi connectivity index (χ1n) is 10.9. The van der Waals surface area contributed by atoms with Crippen molar-refractivity contribution in [2.24, 2.45) is 0 Å². The molecule has 2 N–H and O–H groups in total. The topological polar surface area (TPSA) is 81.6 Å². The van der Waals surface area contributed by atoms with E-state index in [1.807, 2.05) is 61.5 Å². The molecule has 0 aliphatic heterocycles. The van der Waals surface area contributed by atoms with Crippen LogP contribution < -0.4 is 25.7 Å². The maximum Gasteiger partial charge on any atom is 0.256 e. The van der Waals surface area contributed by atoms with Gasteiger partial charge in [0.1, 0.15) is 18.0 Å². The molecule has 7 nitrogen and oxygen atoms in total. The zero-order chi connectivity index (χ0) is 24.1. The number of aromatic nitrogens is 1. The quantitative estimate of drug-likeness (QED) is 0.405. The second-order valence-electron chi connectivity index (χ2n) is 7.99. The van der Waals surface area contributed by atoms with Crippen molar-refractivity contribution in [3.8, 4) is 11.5 Å². The molecule has 0 unspecified atom stereocenters. The number of fused-ring (bicyclic) bond motifs is 1. The van der Waals surface area contributed by atoms with Crippen LogP contribution in [0.3, 0.4) is 0 Å². The summed E-state index contributed by atoms with van der Waals surface area (Å²) < 4.78 is 12.1. The van der Waals surface area contributed by atoms with Crippen molar-refractivity contribution in [2.75, 3.05) is 24.9 Å². The van der Waals surface area contributed by atoms with Crippen molar-refractivity contribution in [1.82, 2.24) is 4.57 Å². The summed E-state index contributed by atoms with van der Waals surface area (Å²) in [5, 5.41) is 7.03. The van der Waals surface area contributed by atoms with E-state index in [2.05, 4.69) is 10.6 Å². The van der Waals surface area contributed by atoms with E-state index < -0.39 is 0 Å². The molecule has 0 radical (unpaired) electrons. The number of hydrogen-bond acceptors (Lipinski definition) is 5. The van der Waals surface area contributed by atoms with Crippen LogP contribution in [0, 0.1) is 6.92 Å². The van der Waals surface area contributed by atoms with Gasteiger partial charge in [-0.05, 0) is 42.1 Å². The molecule has 1 amide bonds. The Hall–Kier alpha value is -4.26. The van der Waals surface area contributed by atoms with Crippen LogP contribution in [0.4, 0.5) is 11.4 Å². The molecule has 3 aromatic carbocycles. The number of aryl methyl sites for hydroxylation is 1. The van der Waals surface area contributed by atoms with E-state index in [4.69, 9.17) is 9.47 Å². The van der Waals surface area contributed by atoms with Gasteiger partial charge in [0.2, 0.25) is 5.91 Å². The number of methoxy groups -OCH3 is 2. The van der Waals surface area contributed by atoms with Gasteiger partial charge in [-0.1, -0.05) is 30.3 Å². The number of benzene rings is 3. The highest BCUT2D eigenvalue weighted by Gasteiger charge is 2.14. The average molecular weight is 458 g/mol. The van der Waals surface area contributed by atoms with E-state index in [9.17, 15) is 9.59 Å². The Morgan fingerprint density at radius 1 is 0.882 bits per heavy atom. The maximum atomic E-state index is 13.4. The summed E-state index contributed by atoms with van der Waals surface area (Å²) in [7, 11) is 3.09. The molecule has 0 aliphatic rings. The number of anilines is 2. The van der Waals surface area contributed by atoms with Crippen molar-refractivity contribution in [2.45, 2.75) is 20.0 Å². The van der Waals surface area contributed by atoms with Crippen LogP contribution in [0.25, 0.3) is 10.9 Å². The Balaban J connectivity index is 1.65. The lowest BCUT2D eigenvalue weighted by Crippen LogP contribution is -2.30. The minimum atomic E-state index is -0.326. The highest BCUT2D eigenvalue weighted by molar-refractivity contribution is 5.92. The molecule has 174 valence electrons. The summed E-state index contributed by atoms with van der Waals surface area (Å²) in [5.41, 5.74) is 3.54. The van der Waals surface area contributed by atoms with Crippen molar-refractivity contribution in [3.63, 3.8) is 0 Å². The van der Waals surface area contributed by atoms with Gasteiger partial charge in [0.25, 0.3) is 5.56 Å². The largest absolute Gasteiger partial charge is 0.497 e. The monoisotopic (exact) mass is 457 g/mol. The fraction of sp³-hybridized carbons (Fsp3) is 0.185. The number of pyridine rings is 1. The van der Waals surface area contributed by atoms with Gasteiger partial charge in [0, 0.05) is 41.7 Å². The van der Waals surface area contributed by atoms with Gasteiger partial charge < -0.3 is 20.1 Å². The Bertz CT molecular complexity index is 1360. The van der Waals surface area contributed by atoms with Gasteiger partial charge in [-0.15, -0.1) is 0 Å². The summed E-state index contributed by atoms with van der Waals surface area (Å²) in [6.07, 6.45) is 0. The molecule has 0 saturated carbocycles. The summed E-state index contributed by atoms with van der Waals surface area (Å²) >= 11 is 0. The third-order valence-electron chi connectivity index (χ3n) is 5.52. The zero-order valence-electron chi connectivity index (χ0n) is 19.4. The molecule has 0 fully saturated rings. The lowest BCUT2D eigenvalue weighted by Gasteiger charge is -2.15. The standard InChI is InChI=1S/C27H27N3O4/c1-18-9-10-19-12-20(16-28-21-7-5-4-6-8-21)27(32)30(25(19)11-18)17-26(31)29-22-13-23(33-2)15-24(14-22)34-3/h4-15,28H,16-17H2,1-3H3,(H,29,31). The first-order valence-corrected chi connectivity index (χ1v) is 10.9. The number of hydrogen-bond donors (Lipinski definition) is 2. The maximum absolute atomic E-state index is 13.4. The Kier molecular flexibility index (Phi) is 6.82. The van der Waals surface area contributed by atoms with Crippen molar-refractivity contribution >= 4 is 28.2 Å². The molecule has 4 aromatic rings. The lowest BCUT2D eigenvalue weighted by atomic mass is 10.1. The van der Waals surface area contributed by atoms with Crippen LogP contribution in [-0.4, -0.2) is 24.7 Å². The van der Waals surface area contributed by atoms with E-state index in [0.717, 1.165) is 16.6 Å². The van der Waals surface area contributed by atoms with Crippen molar-refractivity contribution < 1.29 is 14.3 Å². The van der Waals surface area contributed by atoms with Gasteiger partial charge in [0.15, 0.2) is 0 Å². The Morgan fingerprint density at radius 2 is 1.59 bits per heavy atom. The molecular formula is C27H27N3O4. The summed E-state index contributed by atoms with van der Waals surface area (Å²) in [4.78, 5) is 26.4. The highest BCUT2D eigenvalue weighted by atomic mass is 16.5. The first kappa shape index (κ1) is 22.9. The van der Waals surface area contributed by atoms with E-state index in [1.54, 1.807) is 32.4 Å². The number of carbonyl (C=O) groups is 1. The van der Waals surface area contributed by atoms with Crippen LogP contribution in [0.15, 0.2) is 77.6 Å². The number of carbonyl (C=O) groups excluding carboxylic acids is 1. The predicted octanol–water partition coefficient (Wildman–Crippen LogP) is 4.58. The van der Waals surface area contributed by atoms with Crippen LogP contribution in [-0.2, 0) is 17.9 Å². The van der Waals surface area contributed by atoms with E-state index in [-0.39, 0.29) is 18.0 Å². The number of para-hydroxylation sites is 1. The normalized spacial score (nSPS) is 10.7. The SMILES string of the molecule is COc1cc(NC(=O)Cn2c(=O)c(CNc3ccccc3)cc3ccc(C)cc32)cc(OC)c1. The molecule has 1 heterocycles. The molecule has 0 spiro atoms. The van der Waals surface area contributed by atoms with E-state index >= 15 is 0 Å². The number of amides is 1. The second kappa shape index (κ2) is 10.1. The molecule has 34 heavy (non-hydrogen) atoms. The zero-order valence-corrected chi connectivity index (χ0v) is 19.4.